The molecule has 2 N–H and O–H groups in total. The summed E-state index contributed by atoms with van der Waals surface area (Å²) in [6.45, 7) is 7.64. The van der Waals surface area contributed by atoms with Crippen molar-refractivity contribution in [1.82, 2.24) is 9.55 Å². The predicted octanol–water partition coefficient (Wildman–Crippen LogP) is 2.95. The fourth-order valence-corrected chi connectivity index (χ4v) is 2.18. The second-order valence-corrected chi connectivity index (χ2v) is 5.33. The Labute approximate surface area is 98.1 Å². The lowest BCUT2D eigenvalue weighted by atomic mass is 10.1. The minimum Gasteiger partial charge on any atom is -0.384 e. The van der Waals surface area contributed by atoms with Crippen LogP contribution in [0.3, 0.4) is 0 Å². The number of anilines is 1. The Balaban J connectivity index is 2.28. The van der Waals surface area contributed by atoms with Gasteiger partial charge in [-0.15, -0.1) is 0 Å². The van der Waals surface area contributed by atoms with Gasteiger partial charge < -0.3 is 10.3 Å². The van der Waals surface area contributed by atoms with Crippen LogP contribution in [0.1, 0.15) is 57.5 Å². The summed E-state index contributed by atoms with van der Waals surface area (Å²) in [6, 6.07) is 0. The van der Waals surface area contributed by atoms with Crippen LogP contribution in [0, 0.1) is 5.92 Å². The maximum atomic E-state index is 6.20. The van der Waals surface area contributed by atoms with Gasteiger partial charge in [0.15, 0.2) is 0 Å². The number of aromatic nitrogens is 2. The van der Waals surface area contributed by atoms with E-state index in [1.165, 1.54) is 18.7 Å². The van der Waals surface area contributed by atoms with E-state index >= 15 is 0 Å². The van der Waals surface area contributed by atoms with Crippen molar-refractivity contribution in [3.8, 4) is 0 Å². The molecule has 0 aliphatic heterocycles. The van der Waals surface area contributed by atoms with Gasteiger partial charge in [-0.3, -0.25) is 0 Å². The zero-order valence-electron chi connectivity index (χ0n) is 10.7. The van der Waals surface area contributed by atoms with Gasteiger partial charge in [0.2, 0.25) is 0 Å². The summed E-state index contributed by atoms with van der Waals surface area (Å²) in [5, 5.41) is 0. The Morgan fingerprint density at radius 3 is 2.62 bits per heavy atom. The molecule has 1 fully saturated rings. The zero-order valence-corrected chi connectivity index (χ0v) is 10.7. The Hall–Kier alpha value is -0.990. The molecular weight excluding hydrogens is 198 g/mol. The van der Waals surface area contributed by atoms with Gasteiger partial charge in [0.05, 0.1) is 5.69 Å². The number of hydrogen-bond donors (Lipinski definition) is 1. The molecule has 0 aromatic carbocycles. The van der Waals surface area contributed by atoms with Crippen LogP contribution in [0.2, 0.25) is 0 Å². The Morgan fingerprint density at radius 2 is 2.12 bits per heavy atom. The number of imidazole rings is 1. The van der Waals surface area contributed by atoms with E-state index in [4.69, 9.17) is 10.7 Å². The molecule has 0 unspecified atom stereocenters. The third kappa shape index (κ3) is 2.23. The van der Waals surface area contributed by atoms with E-state index in [0.29, 0.717) is 11.8 Å². The highest BCUT2D eigenvalue weighted by atomic mass is 15.1. The minimum absolute atomic E-state index is 0.624. The highest BCUT2D eigenvalue weighted by Gasteiger charge is 2.30. The van der Waals surface area contributed by atoms with E-state index in [9.17, 15) is 0 Å². The van der Waals surface area contributed by atoms with Crippen molar-refractivity contribution in [3.63, 3.8) is 0 Å². The van der Waals surface area contributed by atoms with Crippen LogP contribution in [0.4, 0.5) is 5.82 Å². The van der Waals surface area contributed by atoms with E-state index in [2.05, 4.69) is 25.3 Å². The summed E-state index contributed by atoms with van der Waals surface area (Å²) in [6.07, 6.45) is 4.71. The van der Waals surface area contributed by atoms with Crippen molar-refractivity contribution in [3.05, 3.63) is 11.5 Å². The Bertz CT molecular complexity index is 361. The lowest BCUT2D eigenvalue weighted by Gasteiger charge is -2.07. The lowest BCUT2D eigenvalue weighted by Crippen LogP contribution is -2.07. The number of nitrogens with two attached hydrogens (primary N) is 1. The first-order valence-electron chi connectivity index (χ1n) is 6.48. The summed E-state index contributed by atoms with van der Waals surface area (Å²) < 4.78 is 2.25. The second-order valence-electron chi connectivity index (χ2n) is 5.33. The SMILES string of the molecule is CCCn1c(C2CC2)nc(CC(C)C)c1N. The molecule has 0 radical (unpaired) electrons. The fourth-order valence-electron chi connectivity index (χ4n) is 2.18. The normalized spacial score (nSPS) is 16.0. The first-order valence-corrected chi connectivity index (χ1v) is 6.48. The van der Waals surface area contributed by atoms with E-state index < -0.39 is 0 Å². The molecule has 2 rings (SSSR count). The van der Waals surface area contributed by atoms with E-state index in [-0.39, 0.29) is 0 Å². The van der Waals surface area contributed by atoms with Gasteiger partial charge in [-0.2, -0.15) is 0 Å². The van der Waals surface area contributed by atoms with Crippen LogP contribution in [0.15, 0.2) is 0 Å². The van der Waals surface area contributed by atoms with Crippen LogP contribution < -0.4 is 5.73 Å². The lowest BCUT2D eigenvalue weighted by molar-refractivity contribution is 0.637. The number of rotatable bonds is 5. The van der Waals surface area contributed by atoms with Gasteiger partial charge in [-0.05, 0) is 31.6 Å². The number of hydrogen-bond acceptors (Lipinski definition) is 2. The van der Waals surface area contributed by atoms with Gasteiger partial charge in [0.25, 0.3) is 0 Å². The first-order chi connectivity index (χ1) is 7.63. The van der Waals surface area contributed by atoms with E-state index in [1.54, 1.807) is 0 Å². The molecule has 3 nitrogen and oxygen atoms in total. The fraction of sp³-hybridized carbons (Fsp3) is 0.769. The van der Waals surface area contributed by atoms with Crippen LogP contribution in [-0.4, -0.2) is 9.55 Å². The molecule has 0 spiro atoms. The molecule has 1 heterocycles. The van der Waals surface area contributed by atoms with Crippen molar-refractivity contribution in [2.75, 3.05) is 5.73 Å². The molecule has 0 bridgehead atoms. The largest absolute Gasteiger partial charge is 0.384 e. The maximum Gasteiger partial charge on any atom is 0.126 e. The molecular formula is C13H23N3. The van der Waals surface area contributed by atoms with Crippen molar-refractivity contribution in [2.45, 2.75) is 58.9 Å². The van der Waals surface area contributed by atoms with Crippen LogP contribution in [0.25, 0.3) is 0 Å². The highest BCUT2D eigenvalue weighted by Crippen LogP contribution is 2.41. The van der Waals surface area contributed by atoms with Gasteiger partial charge >= 0.3 is 0 Å². The van der Waals surface area contributed by atoms with Gasteiger partial charge in [-0.1, -0.05) is 20.8 Å². The van der Waals surface area contributed by atoms with E-state index in [0.717, 1.165) is 30.9 Å². The molecule has 1 aliphatic carbocycles. The minimum atomic E-state index is 0.624. The maximum absolute atomic E-state index is 6.20. The van der Waals surface area contributed by atoms with Crippen LogP contribution in [-0.2, 0) is 13.0 Å². The molecule has 1 aromatic rings. The molecule has 90 valence electrons. The van der Waals surface area contributed by atoms with Crippen molar-refractivity contribution in [2.24, 2.45) is 5.92 Å². The Morgan fingerprint density at radius 1 is 1.44 bits per heavy atom. The first kappa shape index (κ1) is 11.5. The average molecular weight is 221 g/mol. The standard InChI is InChI=1S/C13H23N3/c1-4-7-16-12(14)11(8-9(2)3)15-13(16)10-5-6-10/h9-10H,4-8,14H2,1-3H3. The molecule has 0 amide bonds. The molecule has 0 atom stereocenters. The molecule has 1 aromatic heterocycles. The molecule has 0 saturated heterocycles. The summed E-state index contributed by atoms with van der Waals surface area (Å²) in [5.74, 6) is 3.47. The number of nitrogen functional groups attached to an aromatic ring is 1. The molecule has 16 heavy (non-hydrogen) atoms. The monoisotopic (exact) mass is 221 g/mol. The highest BCUT2D eigenvalue weighted by molar-refractivity contribution is 5.40. The summed E-state index contributed by atoms with van der Waals surface area (Å²) in [5.41, 5.74) is 7.32. The third-order valence-corrected chi connectivity index (χ3v) is 3.10. The summed E-state index contributed by atoms with van der Waals surface area (Å²) in [7, 11) is 0. The third-order valence-electron chi connectivity index (χ3n) is 3.10. The summed E-state index contributed by atoms with van der Waals surface area (Å²) >= 11 is 0. The summed E-state index contributed by atoms with van der Waals surface area (Å²) in [4.78, 5) is 4.77. The Kier molecular flexibility index (Phi) is 3.22. The quantitative estimate of drug-likeness (QED) is 0.830. The number of nitrogens with zero attached hydrogens (tertiary/aromatic N) is 2. The van der Waals surface area contributed by atoms with Crippen LogP contribution >= 0.6 is 0 Å². The van der Waals surface area contributed by atoms with E-state index in [1.807, 2.05) is 0 Å². The smallest absolute Gasteiger partial charge is 0.126 e. The molecule has 1 saturated carbocycles. The average Bonchev–Trinajstić information content (AvgIpc) is 3.00. The topological polar surface area (TPSA) is 43.8 Å². The van der Waals surface area contributed by atoms with Gasteiger partial charge in [-0.25, -0.2) is 4.98 Å². The van der Waals surface area contributed by atoms with Crippen molar-refractivity contribution < 1.29 is 0 Å². The van der Waals surface area contributed by atoms with Gasteiger partial charge in [0, 0.05) is 12.5 Å². The molecule has 3 heteroatoms. The predicted molar refractivity (Wildman–Crippen MR) is 67.4 cm³/mol. The zero-order chi connectivity index (χ0) is 11.7. The van der Waals surface area contributed by atoms with Crippen molar-refractivity contribution >= 4 is 5.82 Å². The van der Waals surface area contributed by atoms with Crippen molar-refractivity contribution in [1.29, 1.82) is 0 Å². The van der Waals surface area contributed by atoms with Crippen LogP contribution in [0.5, 0.6) is 0 Å². The molecule has 1 aliphatic rings. The van der Waals surface area contributed by atoms with Gasteiger partial charge in [0.1, 0.15) is 11.6 Å². The second kappa shape index (κ2) is 4.48.